The van der Waals surface area contributed by atoms with Crippen LogP contribution in [0.3, 0.4) is 0 Å². The highest BCUT2D eigenvalue weighted by molar-refractivity contribution is 4.92. The van der Waals surface area contributed by atoms with Gasteiger partial charge in [-0.15, -0.1) is 0 Å². The Morgan fingerprint density at radius 2 is 2.38 bits per heavy atom. The minimum Gasteiger partial charge on any atom is -0.383 e. The normalized spacial score (nSPS) is 12.9. The van der Waals surface area contributed by atoms with Crippen molar-refractivity contribution in [1.29, 1.82) is 0 Å². The summed E-state index contributed by atoms with van der Waals surface area (Å²) in [6, 6.07) is 0. The van der Waals surface area contributed by atoms with E-state index in [0.717, 1.165) is 32.1 Å². The van der Waals surface area contributed by atoms with Gasteiger partial charge in [-0.2, -0.15) is 0 Å². The van der Waals surface area contributed by atoms with Gasteiger partial charge in [0, 0.05) is 32.6 Å². The Morgan fingerprint density at radius 3 is 3.06 bits per heavy atom. The zero-order valence-corrected chi connectivity index (χ0v) is 10.6. The second kappa shape index (κ2) is 7.41. The van der Waals surface area contributed by atoms with Crippen LogP contribution in [0.25, 0.3) is 0 Å². The van der Waals surface area contributed by atoms with Gasteiger partial charge in [0.25, 0.3) is 0 Å². The van der Waals surface area contributed by atoms with E-state index in [2.05, 4.69) is 34.9 Å². The lowest BCUT2D eigenvalue weighted by molar-refractivity contribution is 0.198. The molecule has 0 bridgehead atoms. The van der Waals surface area contributed by atoms with Crippen molar-refractivity contribution in [2.75, 3.05) is 20.3 Å². The van der Waals surface area contributed by atoms with Crippen molar-refractivity contribution in [2.45, 2.75) is 33.4 Å². The largest absolute Gasteiger partial charge is 0.383 e. The molecule has 0 aliphatic rings. The predicted octanol–water partition coefficient (Wildman–Crippen LogP) is 1.67. The first-order chi connectivity index (χ1) is 7.77. The number of imidazole rings is 1. The van der Waals surface area contributed by atoms with Crippen LogP contribution < -0.4 is 5.32 Å². The van der Waals surface area contributed by atoms with E-state index < -0.39 is 0 Å². The second-order valence-electron chi connectivity index (χ2n) is 4.18. The molecule has 0 amide bonds. The molecular formula is C12H23N3O. The lowest BCUT2D eigenvalue weighted by Gasteiger charge is -2.12. The van der Waals surface area contributed by atoms with Crippen molar-refractivity contribution >= 4 is 0 Å². The van der Waals surface area contributed by atoms with Crippen LogP contribution in [0.5, 0.6) is 0 Å². The van der Waals surface area contributed by atoms with Crippen LogP contribution in [0, 0.1) is 5.92 Å². The van der Waals surface area contributed by atoms with Gasteiger partial charge in [-0.1, -0.05) is 20.3 Å². The number of aromatic nitrogens is 2. The number of hydrogen-bond donors (Lipinski definition) is 1. The average molecular weight is 225 g/mol. The highest BCUT2D eigenvalue weighted by Crippen LogP contribution is 2.07. The zero-order valence-electron chi connectivity index (χ0n) is 10.6. The highest BCUT2D eigenvalue weighted by Gasteiger charge is 2.05. The molecule has 0 saturated heterocycles. The molecule has 1 rings (SSSR count). The number of methoxy groups -OCH3 is 1. The lowest BCUT2D eigenvalue weighted by Crippen LogP contribution is -2.21. The maximum absolute atomic E-state index is 4.98. The quantitative estimate of drug-likeness (QED) is 0.684. The molecule has 0 saturated carbocycles. The van der Waals surface area contributed by atoms with Crippen LogP contribution in [0.2, 0.25) is 0 Å². The summed E-state index contributed by atoms with van der Waals surface area (Å²) >= 11 is 0. The molecule has 1 aromatic rings. The first kappa shape index (κ1) is 13.2. The van der Waals surface area contributed by atoms with Gasteiger partial charge in [-0.05, 0) is 5.92 Å². The molecule has 0 aromatic carbocycles. The monoisotopic (exact) mass is 225 g/mol. The highest BCUT2D eigenvalue weighted by atomic mass is 16.5. The fraction of sp³-hybridized carbons (Fsp3) is 0.750. The molecule has 0 fully saturated rings. The van der Waals surface area contributed by atoms with E-state index in [9.17, 15) is 0 Å². The molecule has 0 spiro atoms. The van der Waals surface area contributed by atoms with Gasteiger partial charge in [-0.3, -0.25) is 0 Å². The van der Waals surface area contributed by atoms with Crippen LogP contribution >= 0.6 is 0 Å². The summed E-state index contributed by atoms with van der Waals surface area (Å²) in [6.45, 7) is 7.96. The SMILES string of the molecule is CCC(C)Cn1ccnc1CNCCOC. The van der Waals surface area contributed by atoms with Crippen LogP contribution in [0.1, 0.15) is 26.1 Å². The summed E-state index contributed by atoms with van der Waals surface area (Å²) in [5.74, 6) is 1.81. The molecule has 0 radical (unpaired) electrons. The maximum Gasteiger partial charge on any atom is 0.122 e. The first-order valence-corrected chi connectivity index (χ1v) is 5.97. The molecule has 0 aliphatic heterocycles. The van der Waals surface area contributed by atoms with E-state index in [0.29, 0.717) is 5.92 Å². The van der Waals surface area contributed by atoms with E-state index in [1.807, 2.05) is 6.20 Å². The Hall–Kier alpha value is -0.870. The standard InChI is InChI=1S/C12H23N3O/c1-4-11(2)10-15-7-5-14-12(15)9-13-6-8-16-3/h5,7,11,13H,4,6,8-10H2,1-3H3. The van der Waals surface area contributed by atoms with Crippen molar-refractivity contribution in [1.82, 2.24) is 14.9 Å². The van der Waals surface area contributed by atoms with Gasteiger partial charge in [0.1, 0.15) is 5.82 Å². The fourth-order valence-electron chi connectivity index (χ4n) is 1.51. The van der Waals surface area contributed by atoms with Gasteiger partial charge in [-0.25, -0.2) is 4.98 Å². The summed E-state index contributed by atoms with van der Waals surface area (Å²) in [5.41, 5.74) is 0. The van der Waals surface area contributed by atoms with E-state index in [4.69, 9.17) is 4.74 Å². The van der Waals surface area contributed by atoms with Crippen LogP contribution in [-0.4, -0.2) is 29.8 Å². The van der Waals surface area contributed by atoms with Gasteiger partial charge in [0.05, 0.1) is 13.2 Å². The van der Waals surface area contributed by atoms with E-state index in [1.54, 1.807) is 7.11 Å². The van der Waals surface area contributed by atoms with Crippen molar-refractivity contribution in [3.8, 4) is 0 Å². The summed E-state index contributed by atoms with van der Waals surface area (Å²) in [5, 5.41) is 3.31. The third-order valence-electron chi connectivity index (χ3n) is 2.77. The van der Waals surface area contributed by atoms with Gasteiger partial charge in [0.2, 0.25) is 0 Å². The molecule has 1 aromatic heterocycles. The minimum atomic E-state index is 0.701. The summed E-state index contributed by atoms with van der Waals surface area (Å²) in [7, 11) is 1.71. The Labute approximate surface area is 98.0 Å². The Balaban J connectivity index is 2.38. The van der Waals surface area contributed by atoms with Crippen molar-refractivity contribution in [2.24, 2.45) is 5.92 Å². The molecule has 1 heterocycles. The Morgan fingerprint density at radius 1 is 1.56 bits per heavy atom. The fourth-order valence-corrected chi connectivity index (χ4v) is 1.51. The number of nitrogens with zero attached hydrogens (tertiary/aromatic N) is 2. The van der Waals surface area contributed by atoms with E-state index in [1.165, 1.54) is 6.42 Å². The number of hydrogen-bond acceptors (Lipinski definition) is 3. The van der Waals surface area contributed by atoms with E-state index >= 15 is 0 Å². The Bertz CT molecular complexity index is 286. The summed E-state index contributed by atoms with van der Waals surface area (Å²) in [4.78, 5) is 4.36. The Kier molecular flexibility index (Phi) is 6.11. The smallest absolute Gasteiger partial charge is 0.122 e. The molecule has 1 atom stereocenters. The molecule has 1 unspecified atom stereocenters. The summed E-state index contributed by atoms with van der Waals surface area (Å²) in [6.07, 6.45) is 5.13. The summed E-state index contributed by atoms with van der Waals surface area (Å²) < 4.78 is 7.21. The van der Waals surface area contributed by atoms with Crippen molar-refractivity contribution in [3.63, 3.8) is 0 Å². The van der Waals surface area contributed by atoms with Crippen molar-refractivity contribution < 1.29 is 4.74 Å². The topological polar surface area (TPSA) is 39.1 Å². The van der Waals surface area contributed by atoms with Gasteiger partial charge >= 0.3 is 0 Å². The van der Waals surface area contributed by atoms with Gasteiger partial charge in [0.15, 0.2) is 0 Å². The molecule has 1 N–H and O–H groups in total. The lowest BCUT2D eigenvalue weighted by atomic mass is 10.1. The first-order valence-electron chi connectivity index (χ1n) is 5.97. The molecular weight excluding hydrogens is 202 g/mol. The molecule has 92 valence electrons. The zero-order chi connectivity index (χ0) is 11.8. The number of ether oxygens (including phenoxy) is 1. The van der Waals surface area contributed by atoms with Crippen LogP contribution in [-0.2, 0) is 17.8 Å². The molecule has 4 heteroatoms. The molecule has 16 heavy (non-hydrogen) atoms. The third-order valence-corrected chi connectivity index (χ3v) is 2.77. The minimum absolute atomic E-state index is 0.701. The molecule has 4 nitrogen and oxygen atoms in total. The van der Waals surface area contributed by atoms with Gasteiger partial charge < -0.3 is 14.6 Å². The second-order valence-corrected chi connectivity index (χ2v) is 4.18. The third kappa shape index (κ3) is 4.33. The average Bonchev–Trinajstić information content (AvgIpc) is 2.72. The number of rotatable bonds is 8. The van der Waals surface area contributed by atoms with E-state index in [-0.39, 0.29) is 0 Å². The van der Waals surface area contributed by atoms with Crippen LogP contribution in [0.15, 0.2) is 12.4 Å². The maximum atomic E-state index is 4.98. The predicted molar refractivity (Wildman–Crippen MR) is 65.3 cm³/mol. The van der Waals surface area contributed by atoms with Crippen LogP contribution in [0.4, 0.5) is 0 Å². The molecule has 0 aliphatic carbocycles. The van der Waals surface area contributed by atoms with Crippen molar-refractivity contribution in [3.05, 3.63) is 18.2 Å². The number of nitrogens with one attached hydrogen (secondary N) is 1.